The third kappa shape index (κ3) is 2.66. The Balaban J connectivity index is 2.11. The topological polar surface area (TPSA) is 58.3 Å². The number of hydrogen-bond acceptors (Lipinski definition) is 5. The molecule has 0 aliphatic carbocycles. The van der Waals surface area contributed by atoms with Crippen LogP contribution in [-0.2, 0) is 0 Å². The highest BCUT2D eigenvalue weighted by Crippen LogP contribution is 2.23. The first-order valence-electron chi connectivity index (χ1n) is 6.22. The van der Waals surface area contributed by atoms with Crippen LogP contribution in [0, 0.1) is 5.92 Å². The molecule has 2 rings (SSSR count). The van der Waals surface area contributed by atoms with E-state index in [0.717, 1.165) is 37.8 Å². The second-order valence-corrected chi connectivity index (χ2v) is 4.58. The Hall–Kier alpha value is -1.36. The van der Waals surface area contributed by atoms with Crippen molar-refractivity contribution in [2.24, 2.45) is 11.7 Å². The Morgan fingerprint density at radius 3 is 3.00 bits per heavy atom. The standard InChI is InChI=1S/C12H21N5/c1-3-16(2)11-6-12(15-9-14-11)17-5-4-10(7-13)8-17/h6,9-10H,3-5,7-8,13H2,1-2H3. The molecule has 0 bridgehead atoms. The molecule has 1 aliphatic rings. The van der Waals surface area contributed by atoms with Crippen molar-refractivity contribution < 1.29 is 0 Å². The molecule has 1 saturated heterocycles. The van der Waals surface area contributed by atoms with Gasteiger partial charge in [-0.25, -0.2) is 9.97 Å². The normalized spacial score (nSPS) is 19.7. The van der Waals surface area contributed by atoms with Crippen LogP contribution in [0.5, 0.6) is 0 Å². The Morgan fingerprint density at radius 1 is 1.53 bits per heavy atom. The molecule has 5 nitrogen and oxygen atoms in total. The van der Waals surface area contributed by atoms with E-state index < -0.39 is 0 Å². The Morgan fingerprint density at radius 2 is 2.35 bits per heavy atom. The average Bonchev–Trinajstić information content (AvgIpc) is 2.86. The molecule has 0 saturated carbocycles. The summed E-state index contributed by atoms with van der Waals surface area (Å²) in [5, 5.41) is 0. The van der Waals surface area contributed by atoms with Crippen LogP contribution in [0.4, 0.5) is 11.6 Å². The van der Waals surface area contributed by atoms with Gasteiger partial charge in [-0.1, -0.05) is 0 Å². The highest BCUT2D eigenvalue weighted by atomic mass is 15.2. The van der Waals surface area contributed by atoms with E-state index in [1.165, 1.54) is 6.42 Å². The Labute approximate surface area is 103 Å². The summed E-state index contributed by atoms with van der Waals surface area (Å²) in [6.07, 6.45) is 2.81. The van der Waals surface area contributed by atoms with E-state index in [1.54, 1.807) is 6.33 Å². The summed E-state index contributed by atoms with van der Waals surface area (Å²) in [6, 6.07) is 2.06. The summed E-state index contributed by atoms with van der Waals surface area (Å²) in [4.78, 5) is 13.0. The highest BCUT2D eigenvalue weighted by molar-refractivity contribution is 5.50. The summed E-state index contributed by atoms with van der Waals surface area (Å²) in [5.41, 5.74) is 5.71. The van der Waals surface area contributed by atoms with Gasteiger partial charge in [0.05, 0.1) is 0 Å². The van der Waals surface area contributed by atoms with Gasteiger partial charge in [-0.2, -0.15) is 0 Å². The second-order valence-electron chi connectivity index (χ2n) is 4.58. The van der Waals surface area contributed by atoms with Gasteiger partial charge < -0.3 is 15.5 Å². The van der Waals surface area contributed by atoms with Crippen LogP contribution in [0.2, 0.25) is 0 Å². The van der Waals surface area contributed by atoms with Crippen LogP contribution >= 0.6 is 0 Å². The van der Waals surface area contributed by atoms with Crippen molar-refractivity contribution in [3.8, 4) is 0 Å². The molecule has 5 heteroatoms. The molecule has 17 heavy (non-hydrogen) atoms. The zero-order chi connectivity index (χ0) is 12.3. The predicted molar refractivity (Wildman–Crippen MR) is 70.4 cm³/mol. The van der Waals surface area contributed by atoms with Gasteiger partial charge in [0.2, 0.25) is 0 Å². The van der Waals surface area contributed by atoms with Crippen molar-refractivity contribution in [2.75, 3.05) is 43.0 Å². The van der Waals surface area contributed by atoms with Crippen LogP contribution in [0.25, 0.3) is 0 Å². The van der Waals surface area contributed by atoms with Gasteiger partial charge in [-0.15, -0.1) is 0 Å². The summed E-state index contributed by atoms with van der Waals surface area (Å²) < 4.78 is 0. The quantitative estimate of drug-likeness (QED) is 0.833. The third-order valence-corrected chi connectivity index (χ3v) is 3.45. The number of hydrogen-bond donors (Lipinski definition) is 1. The molecule has 2 heterocycles. The summed E-state index contributed by atoms with van der Waals surface area (Å²) in [7, 11) is 2.04. The molecule has 1 atom stereocenters. The van der Waals surface area contributed by atoms with E-state index in [0.29, 0.717) is 5.92 Å². The first kappa shape index (κ1) is 12.1. The fourth-order valence-corrected chi connectivity index (χ4v) is 2.11. The van der Waals surface area contributed by atoms with Crippen molar-refractivity contribution in [3.05, 3.63) is 12.4 Å². The minimum atomic E-state index is 0.609. The Kier molecular flexibility index (Phi) is 3.78. The molecule has 1 unspecified atom stereocenters. The van der Waals surface area contributed by atoms with E-state index in [9.17, 15) is 0 Å². The maximum atomic E-state index is 5.71. The smallest absolute Gasteiger partial charge is 0.134 e. The van der Waals surface area contributed by atoms with Crippen LogP contribution in [0.1, 0.15) is 13.3 Å². The van der Waals surface area contributed by atoms with Crippen molar-refractivity contribution in [2.45, 2.75) is 13.3 Å². The van der Waals surface area contributed by atoms with Crippen LogP contribution in [-0.4, -0.2) is 43.2 Å². The number of rotatable bonds is 4. The largest absolute Gasteiger partial charge is 0.360 e. The number of nitrogens with zero attached hydrogens (tertiary/aromatic N) is 4. The molecular formula is C12H21N5. The molecule has 0 amide bonds. The van der Waals surface area contributed by atoms with Crippen molar-refractivity contribution >= 4 is 11.6 Å². The summed E-state index contributed by atoms with van der Waals surface area (Å²) in [5.74, 6) is 2.61. The predicted octanol–water partition coefficient (Wildman–Crippen LogP) is 0.718. The van der Waals surface area contributed by atoms with Crippen LogP contribution in [0.15, 0.2) is 12.4 Å². The number of aromatic nitrogens is 2. The van der Waals surface area contributed by atoms with Gasteiger partial charge in [0, 0.05) is 32.7 Å². The van der Waals surface area contributed by atoms with Crippen LogP contribution < -0.4 is 15.5 Å². The third-order valence-electron chi connectivity index (χ3n) is 3.45. The molecular weight excluding hydrogens is 214 g/mol. The van der Waals surface area contributed by atoms with E-state index >= 15 is 0 Å². The lowest BCUT2D eigenvalue weighted by Gasteiger charge is -2.20. The summed E-state index contributed by atoms with van der Waals surface area (Å²) in [6.45, 7) is 5.89. The zero-order valence-electron chi connectivity index (χ0n) is 10.6. The molecule has 2 N–H and O–H groups in total. The van der Waals surface area contributed by atoms with E-state index in [-0.39, 0.29) is 0 Å². The van der Waals surface area contributed by atoms with Gasteiger partial charge in [0.1, 0.15) is 18.0 Å². The van der Waals surface area contributed by atoms with Gasteiger partial charge >= 0.3 is 0 Å². The second kappa shape index (κ2) is 5.31. The van der Waals surface area contributed by atoms with E-state index in [4.69, 9.17) is 5.73 Å². The molecule has 1 aromatic heterocycles. The lowest BCUT2D eigenvalue weighted by molar-refractivity contribution is 0.602. The number of nitrogens with two attached hydrogens (primary N) is 1. The molecule has 94 valence electrons. The lowest BCUT2D eigenvalue weighted by atomic mass is 10.1. The minimum absolute atomic E-state index is 0.609. The highest BCUT2D eigenvalue weighted by Gasteiger charge is 2.22. The minimum Gasteiger partial charge on any atom is -0.360 e. The fraction of sp³-hybridized carbons (Fsp3) is 0.667. The summed E-state index contributed by atoms with van der Waals surface area (Å²) >= 11 is 0. The average molecular weight is 235 g/mol. The zero-order valence-corrected chi connectivity index (χ0v) is 10.6. The SMILES string of the molecule is CCN(C)c1cc(N2CCC(CN)C2)ncn1. The molecule has 0 aromatic carbocycles. The van der Waals surface area contributed by atoms with Crippen molar-refractivity contribution in [1.29, 1.82) is 0 Å². The first-order valence-corrected chi connectivity index (χ1v) is 6.22. The van der Waals surface area contributed by atoms with Crippen LogP contribution in [0.3, 0.4) is 0 Å². The molecule has 1 fully saturated rings. The molecule has 0 spiro atoms. The maximum Gasteiger partial charge on any atom is 0.134 e. The molecule has 1 aromatic rings. The van der Waals surface area contributed by atoms with Crippen molar-refractivity contribution in [3.63, 3.8) is 0 Å². The first-order chi connectivity index (χ1) is 8.24. The molecule has 0 radical (unpaired) electrons. The van der Waals surface area contributed by atoms with Gasteiger partial charge in [-0.3, -0.25) is 0 Å². The van der Waals surface area contributed by atoms with Gasteiger partial charge in [0.15, 0.2) is 0 Å². The lowest BCUT2D eigenvalue weighted by Crippen LogP contribution is -2.24. The van der Waals surface area contributed by atoms with Crippen molar-refractivity contribution in [1.82, 2.24) is 9.97 Å². The van der Waals surface area contributed by atoms with E-state index in [1.807, 2.05) is 7.05 Å². The Bertz CT molecular complexity index is 368. The fourth-order valence-electron chi connectivity index (χ4n) is 2.11. The monoisotopic (exact) mass is 235 g/mol. The van der Waals surface area contributed by atoms with E-state index in [2.05, 4.69) is 32.8 Å². The molecule has 1 aliphatic heterocycles. The van der Waals surface area contributed by atoms with Gasteiger partial charge in [-0.05, 0) is 25.8 Å². The van der Waals surface area contributed by atoms with Gasteiger partial charge in [0.25, 0.3) is 0 Å². The number of anilines is 2. The maximum absolute atomic E-state index is 5.71.